The van der Waals surface area contributed by atoms with Gasteiger partial charge in [0.15, 0.2) is 5.17 Å². The first-order valence-corrected chi connectivity index (χ1v) is 13.0. The maximum absolute atomic E-state index is 13.4. The number of nitrogens with zero attached hydrogens (tertiary/aromatic N) is 3. The third-order valence-corrected chi connectivity index (χ3v) is 7.13. The van der Waals surface area contributed by atoms with Gasteiger partial charge in [-0.15, -0.1) is 0 Å². The van der Waals surface area contributed by atoms with Crippen molar-refractivity contribution < 1.29 is 14.3 Å². The number of thioether (sulfide) groups is 1. The molecule has 0 unspecified atom stereocenters. The van der Waals surface area contributed by atoms with Crippen LogP contribution in [0.2, 0.25) is 0 Å². The number of hydrogen-bond donors (Lipinski definition) is 0. The van der Waals surface area contributed by atoms with E-state index in [2.05, 4.69) is 29.8 Å². The molecular formula is C30H27N3O3S. The maximum Gasteiger partial charge on any atom is 0.337 e. The number of rotatable bonds is 7. The first-order valence-electron chi connectivity index (χ1n) is 12.2. The van der Waals surface area contributed by atoms with Gasteiger partial charge in [0.1, 0.15) is 0 Å². The van der Waals surface area contributed by atoms with Crippen molar-refractivity contribution in [2.45, 2.75) is 19.9 Å². The Morgan fingerprint density at radius 1 is 1.03 bits per heavy atom. The summed E-state index contributed by atoms with van der Waals surface area (Å²) in [5, 5.41) is 1.76. The molecule has 5 rings (SSSR count). The molecule has 0 spiro atoms. The molecule has 1 aliphatic rings. The minimum Gasteiger partial charge on any atom is -0.465 e. The lowest BCUT2D eigenvalue weighted by molar-refractivity contribution is -0.122. The molecule has 0 aliphatic carbocycles. The van der Waals surface area contributed by atoms with Gasteiger partial charge in [-0.05, 0) is 60.2 Å². The Morgan fingerprint density at radius 3 is 2.59 bits per heavy atom. The number of hydrogen-bond acceptors (Lipinski definition) is 5. The van der Waals surface area contributed by atoms with Crippen LogP contribution in [0.3, 0.4) is 0 Å². The molecule has 1 aromatic heterocycles. The third kappa shape index (κ3) is 5.22. The van der Waals surface area contributed by atoms with E-state index in [1.807, 2.05) is 66.7 Å². The topological polar surface area (TPSA) is 63.9 Å². The number of esters is 1. The third-order valence-electron chi connectivity index (χ3n) is 6.12. The molecule has 0 atom stereocenters. The minimum atomic E-state index is -0.356. The SMILES string of the molecule is CCCN1C(=O)/C(=C/c2cn(Cc3cccc(C(=O)OC)c3)c3ccccc23)SC1=Nc1ccccc1. The van der Waals surface area contributed by atoms with Crippen molar-refractivity contribution >= 4 is 51.5 Å². The number of benzene rings is 3. The molecule has 1 aliphatic heterocycles. The van der Waals surface area contributed by atoms with Crippen LogP contribution in [0.15, 0.2) is 95.0 Å². The molecule has 1 amide bonds. The summed E-state index contributed by atoms with van der Waals surface area (Å²) in [5.41, 5.74) is 4.35. The van der Waals surface area contributed by atoms with Gasteiger partial charge in [0.25, 0.3) is 5.91 Å². The van der Waals surface area contributed by atoms with Crippen LogP contribution in [-0.2, 0) is 16.1 Å². The highest BCUT2D eigenvalue weighted by molar-refractivity contribution is 8.18. The number of para-hydroxylation sites is 2. The zero-order valence-electron chi connectivity index (χ0n) is 20.8. The second-order valence-electron chi connectivity index (χ2n) is 8.72. The minimum absolute atomic E-state index is 0.0239. The van der Waals surface area contributed by atoms with Gasteiger partial charge in [0.2, 0.25) is 0 Å². The van der Waals surface area contributed by atoms with Crippen LogP contribution in [-0.4, -0.2) is 40.2 Å². The number of amides is 1. The van der Waals surface area contributed by atoms with Gasteiger partial charge in [0.05, 0.1) is 23.3 Å². The molecule has 7 heteroatoms. The van der Waals surface area contributed by atoms with Crippen molar-refractivity contribution in [2.24, 2.45) is 4.99 Å². The molecule has 0 bridgehead atoms. The van der Waals surface area contributed by atoms with Crippen molar-refractivity contribution in [3.8, 4) is 0 Å². The van der Waals surface area contributed by atoms with E-state index in [-0.39, 0.29) is 11.9 Å². The van der Waals surface area contributed by atoms with Crippen LogP contribution in [0, 0.1) is 0 Å². The van der Waals surface area contributed by atoms with E-state index in [0.717, 1.165) is 34.1 Å². The van der Waals surface area contributed by atoms with E-state index < -0.39 is 0 Å². The summed E-state index contributed by atoms with van der Waals surface area (Å²) in [6, 6.07) is 25.3. The van der Waals surface area contributed by atoms with E-state index in [4.69, 9.17) is 9.73 Å². The van der Waals surface area contributed by atoms with Gasteiger partial charge >= 0.3 is 5.97 Å². The Kier molecular flexibility index (Phi) is 7.23. The Morgan fingerprint density at radius 2 is 1.81 bits per heavy atom. The summed E-state index contributed by atoms with van der Waals surface area (Å²) in [6.45, 7) is 3.26. The molecule has 2 heterocycles. The molecule has 37 heavy (non-hydrogen) atoms. The average molecular weight is 510 g/mol. The fraction of sp³-hybridized carbons (Fsp3) is 0.167. The van der Waals surface area contributed by atoms with Gasteiger partial charge in [-0.25, -0.2) is 9.79 Å². The number of fused-ring (bicyclic) bond motifs is 1. The molecular weight excluding hydrogens is 482 g/mol. The van der Waals surface area contributed by atoms with E-state index in [1.54, 1.807) is 11.0 Å². The quantitative estimate of drug-likeness (QED) is 0.211. The lowest BCUT2D eigenvalue weighted by Gasteiger charge is -2.13. The van der Waals surface area contributed by atoms with Crippen LogP contribution >= 0.6 is 11.8 Å². The fourth-order valence-corrected chi connectivity index (χ4v) is 5.41. The Bertz CT molecular complexity index is 1520. The predicted molar refractivity (Wildman–Crippen MR) is 150 cm³/mol. The number of carbonyl (C=O) groups is 2. The summed E-state index contributed by atoms with van der Waals surface area (Å²) in [4.78, 5) is 32.5. The van der Waals surface area contributed by atoms with Crippen molar-refractivity contribution in [2.75, 3.05) is 13.7 Å². The maximum atomic E-state index is 13.4. The van der Waals surface area contributed by atoms with E-state index in [0.29, 0.717) is 28.7 Å². The van der Waals surface area contributed by atoms with Crippen LogP contribution in [0.1, 0.15) is 34.8 Å². The zero-order chi connectivity index (χ0) is 25.8. The molecule has 6 nitrogen and oxygen atoms in total. The first-order chi connectivity index (χ1) is 18.1. The van der Waals surface area contributed by atoms with E-state index in [1.165, 1.54) is 18.9 Å². The van der Waals surface area contributed by atoms with E-state index >= 15 is 0 Å². The van der Waals surface area contributed by atoms with Crippen LogP contribution < -0.4 is 0 Å². The normalized spacial score (nSPS) is 15.7. The van der Waals surface area contributed by atoms with E-state index in [9.17, 15) is 9.59 Å². The highest BCUT2D eigenvalue weighted by Gasteiger charge is 2.33. The smallest absolute Gasteiger partial charge is 0.337 e. The largest absolute Gasteiger partial charge is 0.465 e. The second-order valence-corrected chi connectivity index (χ2v) is 9.73. The summed E-state index contributed by atoms with van der Waals surface area (Å²) >= 11 is 1.41. The van der Waals surface area contributed by atoms with Crippen molar-refractivity contribution in [3.63, 3.8) is 0 Å². The van der Waals surface area contributed by atoms with Gasteiger partial charge < -0.3 is 9.30 Å². The molecule has 0 N–H and O–H groups in total. The number of aromatic nitrogens is 1. The highest BCUT2D eigenvalue weighted by atomic mass is 32.2. The van der Waals surface area contributed by atoms with Gasteiger partial charge in [-0.2, -0.15) is 0 Å². The standard InChI is InChI=1S/C30H27N3O3S/c1-3-16-33-28(34)27(37-30(33)31-24-12-5-4-6-13-24)18-23-20-32(26-15-8-7-14-25(23)26)19-21-10-9-11-22(17-21)29(35)36-2/h4-15,17-18,20H,3,16,19H2,1-2H3/b27-18-,31-30?. The molecule has 1 saturated heterocycles. The van der Waals surface area contributed by atoms with Crippen LogP contribution in [0.4, 0.5) is 5.69 Å². The second kappa shape index (κ2) is 10.9. The Hall–Kier alpha value is -4.10. The van der Waals surface area contributed by atoms with Crippen molar-refractivity contribution in [1.29, 1.82) is 0 Å². The summed E-state index contributed by atoms with van der Waals surface area (Å²) in [7, 11) is 1.38. The average Bonchev–Trinajstić information content (AvgIpc) is 3.41. The zero-order valence-corrected chi connectivity index (χ0v) is 21.6. The predicted octanol–water partition coefficient (Wildman–Crippen LogP) is 6.49. The molecule has 0 radical (unpaired) electrons. The summed E-state index contributed by atoms with van der Waals surface area (Å²) in [6.07, 6.45) is 4.87. The number of methoxy groups -OCH3 is 1. The summed E-state index contributed by atoms with van der Waals surface area (Å²) < 4.78 is 7.01. The molecule has 186 valence electrons. The first kappa shape index (κ1) is 24.6. The van der Waals surface area contributed by atoms with Crippen molar-refractivity contribution in [3.05, 3.63) is 107 Å². The lowest BCUT2D eigenvalue weighted by Crippen LogP contribution is -2.29. The van der Waals surface area contributed by atoms with Gasteiger partial charge in [-0.3, -0.25) is 9.69 Å². The van der Waals surface area contributed by atoms with Gasteiger partial charge in [0, 0.05) is 35.8 Å². The van der Waals surface area contributed by atoms with Crippen molar-refractivity contribution in [1.82, 2.24) is 9.47 Å². The fourth-order valence-electron chi connectivity index (χ4n) is 4.40. The number of ether oxygens (including phenoxy) is 1. The molecule has 4 aromatic rings. The number of amidine groups is 1. The van der Waals surface area contributed by atoms with Crippen LogP contribution in [0.25, 0.3) is 17.0 Å². The van der Waals surface area contributed by atoms with Gasteiger partial charge in [-0.1, -0.05) is 55.5 Å². The number of carbonyl (C=O) groups excluding carboxylic acids is 2. The van der Waals surface area contributed by atoms with Crippen LogP contribution in [0.5, 0.6) is 0 Å². The monoisotopic (exact) mass is 509 g/mol. The molecule has 0 saturated carbocycles. The highest BCUT2D eigenvalue weighted by Crippen LogP contribution is 2.36. The Balaban J connectivity index is 1.50. The Labute approximate surface area is 220 Å². The lowest BCUT2D eigenvalue weighted by atomic mass is 10.1. The molecule has 3 aromatic carbocycles. The molecule has 1 fully saturated rings. The number of aliphatic imine (C=N–C) groups is 1. The summed E-state index contributed by atoms with van der Waals surface area (Å²) in [5.74, 6) is -0.379.